The molecule has 0 aliphatic carbocycles. The van der Waals surface area contributed by atoms with E-state index in [0.717, 1.165) is 0 Å². The maximum Gasteiger partial charge on any atom is 0.407 e. The predicted octanol–water partition coefficient (Wildman–Crippen LogP) is 0.0548. The standard InChI is InChI=1S/C15H21BFN3O2/c1-15(2,3)22-14(21)20-6-4-5-11(18)13-10(16)7-9(17)8-12(13)19/h7-8,18H,4-6,19H2,1-3H3,(H,20,21)/p+1. The molecule has 0 aliphatic rings. The molecule has 0 unspecified atom stereocenters. The lowest BCUT2D eigenvalue weighted by molar-refractivity contribution is -0.115. The third-order valence-corrected chi connectivity index (χ3v) is 2.78. The molecule has 5 nitrogen and oxygen atoms in total. The van der Waals surface area contributed by atoms with Gasteiger partial charge in [-0.15, -0.1) is 0 Å². The Kier molecular flexibility index (Phi) is 5.97. The van der Waals surface area contributed by atoms with Crippen molar-refractivity contribution in [3.8, 4) is 0 Å². The summed E-state index contributed by atoms with van der Waals surface area (Å²) in [7, 11) is 5.73. The summed E-state index contributed by atoms with van der Waals surface area (Å²) in [5.41, 5.74) is 6.52. The molecule has 1 aromatic rings. The van der Waals surface area contributed by atoms with E-state index in [9.17, 15) is 9.18 Å². The normalized spacial score (nSPS) is 11.1. The highest BCUT2D eigenvalue weighted by Crippen LogP contribution is 2.12. The first-order chi connectivity index (χ1) is 10.1. The van der Waals surface area contributed by atoms with Crippen LogP contribution in [0.15, 0.2) is 12.1 Å². The summed E-state index contributed by atoms with van der Waals surface area (Å²) >= 11 is 0. The van der Waals surface area contributed by atoms with E-state index in [-0.39, 0.29) is 11.2 Å². The van der Waals surface area contributed by atoms with E-state index in [1.807, 2.05) is 0 Å². The molecule has 0 heterocycles. The highest BCUT2D eigenvalue weighted by Gasteiger charge is 2.17. The first-order valence-corrected chi connectivity index (χ1v) is 7.03. The number of rotatable bonds is 5. The number of amides is 1. The summed E-state index contributed by atoms with van der Waals surface area (Å²) in [5, 5.41) is 8.59. The van der Waals surface area contributed by atoms with E-state index in [1.54, 1.807) is 20.8 Å². The number of alkyl carbamates (subject to hydrolysis) is 1. The van der Waals surface area contributed by atoms with Crippen molar-refractivity contribution in [2.24, 2.45) is 0 Å². The van der Waals surface area contributed by atoms with Gasteiger partial charge in [0.05, 0.1) is 5.56 Å². The van der Waals surface area contributed by atoms with Crippen LogP contribution in [-0.2, 0) is 4.74 Å². The van der Waals surface area contributed by atoms with Crippen molar-refractivity contribution in [3.63, 3.8) is 0 Å². The van der Waals surface area contributed by atoms with Gasteiger partial charge in [-0.2, -0.15) is 0 Å². The Morgan fingerprint density at radius 3 is 2.64 bits per heavy atom. The van der Waals surface area contributed by atoms with Gasteiger partial charge in [0.2, 0.25) is 0 Å². The van der Waals surface area contributed by atoms with Crippen LogP contribution >= 0.6 is 0 Å². The number of ether oxygens (including phenoxy) is 1. The average Bonchev–Trinajstić information content (AvgIpc) is 2.31. The van der Waals surface area contributed by atoms with Gasteiger partial charge in [0, 0.05) is 18.7 Å². The molecule has 118 valence electrons. The van der Waals surface area contributed by atoms with Crippen molar-refractivity contribution in [2.45, 2.75) is 39.2 Å². The minimum absolute atomic E-state index is 0.204. The second-order valence-corrected chi connectivity index (χ2v) is 6.02. The molecule has 0 aromatic heterocycles. The van der Waals surface area contributed by atoms with Crippen LogP contribution in [0.4, 0.5) is 14.9 Å². The molecule has 2 radical (unpaired) electrons. The maximum absolute atomic E-state index is 13.1. The number of carbonyl (C=O) groups excluding carboxylic acids is 1. The van der Waals surface area contributed by atoms with Crippen LogP contribution in [0.3, 0.4) is 0 Å². The highest BCUT2D eigenvalue weighted by molar-refractivity contribution is 6.37. The molecule has 0 aliphatic heterocycles. The summed E-state index contributed by atoms with van der Waals surface area (Å²) in [6, 6.07) is 2.36. The van der Waals surface area contributed by atoms with E-state index >= 15 is 0 Å². The lowest BCUT2D eigenvalue weighted by Gasteiger charge is -2.19. The number of nitrogens with two attached hydrogens (primary N) is 2. The third-order valence-electron chi connectivity index (χ3n) is 2.78. The fourth-order valence-electron chi connectivity index (χ4n) is 1.93. The number of benzene rings is 1. The number of nitrogen functional groups attached to an aromatic ring is 1. The number of halogens is 1. The SMILES string of the molecule is [B]c1cc(F)cc(N)c1C(=[NH2+])CCCNC(=O)OC(C)(C)C. The molecule has 1 amide bonds. The van der Waals surface area contributed by atoms with E-state index < -0.39 is 17.5 Å². The molecule has 1 rings (SSSR count). The molecule has 0 fully saturated rings. The Balaban J connectivity index is 2.46. The Morgan fingerprint density at radius 2 is 2.09 bits per heavy atom. The number of hydrogen-bond donors (Lipinski definition) is 3. The Hall–Kier alpha value is -2.05. The van der Waals surface area contributed by atoms with Crippen LogP contribution in [0, 0.1) is 5.82 Å². The predicted molar refractivity (Wildman–Crippen MR) is 85.7 cm³/mol. The molecule has 5 N–H and O–H groups in total. The van der Waals surface area contributed by atoms with Crippen LogP contribution in [0.25, 0.3) is 0 Å². The van der Waals surface area contributed by atoms with Gasteiger partial charge in [0.1, 0.15) is 19.3 Å². The first kappa shape index (κ1) is 18.0. The molecular weight excluding hydrogens is 284 g/mol. The summed E-state index contributed by atoms with van der Waals surface area (Å²) in [5.74, 6) is -0.502. The first-order valence-electron chi connectivity index (χ1n) is 7.03. The van der Waals surface area contributed by atoms with Gasteiger partial charge >= 0.3 is 6.09 Å². The van der Waals surface area contributed by atoms with E-state index in [4.69, 9.17) is 23.7 Å². The van der Waals surface area contributed by atoms with Crippen molar-refractivity contribution in [2.75, 3.05) is 12.3 Å². The Morgan fingerprint density at radius 1 is 1.45 bits per heavy atom. The van der Waals surface area contributed by atoms with Gasteiger partial charge in [-0.1, -0.05) is 5.46 Å². The van der Waals surface area contributed by atoms with Gasteiger partial charge in [-0.25, -0.2) is 9.18 Å². The number of hydrogen-bond acceptors (Lipinski definition) is 3. The molecule has 7 heteroatoms. The molecule has 1 aromatic carbocycles. The van der Waals surface area contributed by atoms with Crippen LogP contribution in [0.2, 0.25) is 0 Å². The zero-order valence-corrected chi connectivity index (χ0v) is 13.2. The van der Waals surface area contributed by atoms with Gasteiger partial charge in [0.25, 0.3) is 0 Å². The molecule has 0 saturated heterocycles. The number of carbonyl (C=O) groups is 1. The maximum atomic E-state index is 13.1. The monoisotopic (exact) mass is 306 g/mol. The average molecular weight is 306 g/mol. The zero-order chi connectivity index (χ0) is 16.9. The van der Waals surface area contributed by atoms with Crippen LogP contribution in [0.1, 0.15) is 39.2 Å². The highest BCUT2D eigenvalue weighted by atomic mass is 19.1. The fraction of sp³-hybridized carbons (Fsp3) is 0.467. The smallest absolute Gasteiger partial charge is 0.407 e. The van der Waals surface area contributed by atoms with Crippen molar-refractivity contribution >= 4 is 30.8 Å². The molecule has 22 heavy (non-hydrogen) atoms. The number of nitrogens with one attached hydrogen (secondary N) is 1. The van der Waals surface area contributed by atoms with Crippen LogP contribution < -0.4 is 21.9 Å². The molecular formula is C15H22BFN3O2+. The molecule has 0 saturated carbocycles. The third kappa shape index (κ3) is 5.75. The van der Waals surface area contributed by atoms with Crippen molar-refractivity contribution < 1.29 is 19.3 Å². The summed E-state index contributed by atoms with van der Waals surface area (Å²) in [4.78, 5) is 11.5. The zero-order valence-electron chi connectivity index (χ0n) is 13.2. The summed E-state index contributed by atoms with van der Waals surface area (Å²) in [6.07, 6.45) is 0.573. The van der Waals surface area contributed by atoms with Gasteiger partial charge in [-0.05, 0) is 39.3 Å². The largest absolute Gasteiger partial charge is 0.444 e. The van der Waals surface area contributed by atoms with Crippen LogP contribution in [-0.4, -0.2) is 31.8 Å². The van der Waals surface area contributed by atoms with Crippen molar-refractivity contribution in [3.05, 3.63) is 23.5 Å². The van der Waals surface area contributed by atoms with E-state index in [2.05, 4.69) is 5.32 Å². The quantitative estimate of drug-likeness (QED) is 0.311. The lowest BCUT2D eigenvalue weighted by Crippen LogP contribution is -2.43. The van der Waals surface area contributed by atoms with Gasteiger partial charge in [0.15, 0.2) is 5.71 Å². The summed E-state index contributed by atoms with van der Waals surface area (Å²) < 4.78 is 18.2. The van der Waals surface area contributed by atoms with Crippen molar-refractivity contribution in [1.82, 2.24) is 5.32 Å². The lowest BCUT2D eigenvalue weighted by atomic mass is 9.86. The van der Waals surface area contributed by atoms with Gasteiger partial charge in [-0.3, -0.25) is 5.41 Å². The van der Waals surface area contributed by atoms with Crippen molar-refractivity contribution in [1.29, 1.82) is 0 Å². The fourth-order valence-corrected chi connectivity index (χ4v) is 1.93. The molecule has 0 bridgehead atoms. The second-order valence-electron chi connectivity index (χ2n) is 6.02. The van der Waals surface area contributed by atoms with Gasteiger partial charge < -0.3 is 15.8 Å². The molecule has 0 atom stereocenters. The second kappa shape index (κ2) is 7.29. The Bertz CT molecular complexity index is 547. The minimum atomic E-state index is -0.535. The van der Waals surface area contributed by atoms with E-state index in [1.165, 1.54) is 12.1 Å². The summed E-state index contributed by atoms with van der Waals surface area (Å²) in [6.45, 7) is 5.77. The molecule has 0 spiro atoms. The topological polar surface area (TPSA) is 89.9 Å². The minimum Gasteiger partial charge on any atom is -0.444 e. The van der Waals surface area contributed by atoms with Crippen LogP contribution in [0.5, 0.6) is 0 Å². The van der Waals surface area contributed by atoms with E-state index in [0.29, 0.717) is 30.7 Å². The number of anilines is 1. The Labute approximate surface area is 131 Å².